The number of carbonyl (C=O) groups excluding carboxylic acids is 1. The Balaban J connectivity index is 2.15. The van der Waals surface area contributed by atoms with E-state index in [1.165, 1.54) is 0 Å². The fraction of sp³-hybridized carbons (Fsp3) is 0.455. The van der Waals surface area contributed by atoms with Gasteiger partial charge in [-0.25, -0.2) is 4.98 Å². The average Bonchev–Trinajstić information content (AvgIpc) is 2.65. The lowest BCUT2D eigenvalue weighted by Crippen LogP contribution is -2.37. The molecule has 1 fully saturated rings. The van der Waals surface area contributed by atoms with Gasteiger partial charge in [-0.1, -0.05) is 6.07 Å². The first-order valence-electron chi connectivity index (χ1n) is 5.35. The highest BCUT2D eigenvalue weighted by Gasteiger charge is 2.28. The zero-order valence-corrected chi connectivity index (χ0v) is 9.29. The summed E-state index contributed by atoms with van der Waals surface area (Å²) in [4.78, 5) is 15.2. The molecule has 0 aromatic carbocycles. The topological polar surface area (TPSA) is 80.0 Å². The Labute approximate surface area is 94.4 Å². The van der Waals surface area contributed by atoms with Crippen LogP contribution in [0.2, 0.25) is 0 Å². The van der Waals surface area contributed by atoms with E-state index in [0.717, 1.165) is 19.5 Å². The van der Waals surface area contributed by atoms with Crippen LogP contribution in [0.3, 0.4) is 0 Å². The molecule has 5 nitrogen and oxygen atoms in total. The van der Waals surface area contributed by atoms with Crippen LogP contribution in [0.25, 0.3) is 0 Å². The van der Waals surface area contributed by atoms with E-state index >= 15 is 0 Å². The first-order valence-corrected chi connectivity index (χ1v) is 5.35. The molecular formula is C11H16N4O. The smallest absolute Gasteiger partial charge is 0.267 e. The number of aromatic nitrogens is 1. The standard InChI is InChI=1S/C11H16N4O/c1-11(5-6-13-7-11)15-9-4-2-3-8(14-9)10(12)16/h2-4,13H,5-7H2,1H3,(H2,12,16)(H,14,15). The molecule has 1 aliphatic rings. The number of carbonyl (C=O) groups is 1. The third kappa shape index (κ3) is 2.30. The summed E-state index contributed by atoms with van der Waals surface area (Å²) in [5.74, 6) is 0.195. The Bertz CT molecular complexity index is 399. The summed E-state index contributed by atoms with van der Waals surface area (Å²) in [6.45, 7) is 4.03. The van der Waals surface area contributed by atoms with Gasteiger partial charge in [0.1, 0.15) is 11.5 Å². The molecule has 0 spiro atoms. The Morgan fingerprint density at radius 2 is 2.44 bits per heavy atom. The van der Waals surface area contributed by atoms with Crippen molar-refractivity contribution < 1.29 is 4.79 Å². The quantitative estimate of drug-likeness (QED) is 0.686. The van der Waals surface area contributed by atoms with Crippen molar-refractivity contribution in [2.75, 3.05) is 18.4 Å². The van der Waals surface area contributed by atoms with Crippen molar-refractivity contribution in [1.29, 1.82) is 0 Å². The van der Waals surface area contributed by atoms with Gasteiger partial charge in [-0.15, -0.1) is 0 Å². The van der Waals surface area contributed by atoms with Crippen molar-refractivity contribution in [2.45, 2.75) is 18.9 Å². The second kappa shape index (κ2) is 4.09. The van der Waals surface area contributed by atoms with Crippen molar-refractivity contribution >= 4 is 11.7 Å². The average molecular weight is 220 g/mol. The minimum Gasteiger partial charge on any atom is -0.364 e. The van der Waals surface area contributed by atoms with Gasteiger partial charge >= 0.3 is 0 Å². The maximum Gasteiger partial charge on any atom is 0.267 e. The molecule has 2 heterocycles. The maximum absolute atomic E-state index is 11.0. The van der Waals surface area contributed by atoms with Gasteiger partial charge < -0.3 is 16.4 Å². The summed E-state index contributed by atoms with van der Waals surface area (Å²) >= 11 is 0. The molecule has 1 unspecified atom stereocenters. The minimum absolute atomic E-state index is 0.00324. The van der Waals surface area contributed by atoms with Gasteiger partial charge in [-0.05, 0) is 32.0 Å². The molecule has 1 aliphatic heterocycles. The van der Waals surface area contributed by atoms with E-state index in [1.54, 1.807) is 12.1 Å². The van der Waals surface area contributed by atoms with Crippen molar-refractivity contribution in [3.8, 4) is 0 Å². The SMILES string of the molecule is CC1(Nc2cccc(C(N)=O)n2)CCNC1. The number of nitrogens with two attached hydrogens (primary N) is 1. The second-order valence-corrected chi connectivity index (χ2v) is 4.38. The molecule has 2 rings (SSSR count). The van der Waals surface area contributed by atoms with Crippen LogP contribution < -0.4 is 16.4 Å². The normalized spacial score (nSPS) is 24.3. The predicted molar refractivity (Wildman–Crippen MR) is 62.3 cm³/mol. The Kier molecular flexibility index (Phi) is 2.78. The van der Waals surface area contributed by atoms with E-state index in [9.17, 15) is 4.79 Å². The molecule has 16 heavy (non-hydrogen) atoms. The fourth-order valence-electron chi connectivity index (χ4n) is 1.87. The predicted octanol–water partition coefficient (Wildman–Crippen LogP) is 0.344. The lowest BCUT2D eigenvalue weighted by Gasteiger charge is -2.25. The molecular weight excluding hydrogens is 204 g/mol. The molecule has 1 amide bonds. The third-order valence-corrected chi connectivity index (χ3v) is 2.80. The largest absolute Gasteiger partial charge is 0.364 e. The van der Waals surface area contributed by atoms with Crippen molar-refractivity contribution in [1.82, 2.24) is 10.3 Å². The Morgan fingerprint density at radius 1 is 1.62 bits per heavy atom. The summed E-state index contributed by atoms with van der Waals surface area (Å²) in [6.07, 6.45) is 1.04. The number of nitrogens with zero attached hydrogens (tertiary/aromatic N) is 1. The highest BCUT2D eigenvalue weighted by molar-refractivity contribution is 5.91. The van der Waals surface area contributed by atoms with E-state index in [2.05, 4.69) is 22.5 Å². The van der Waals surface area contributed by atoms with Crippen LogP contribution in [0, 0.1) is 0 Å². The number of hydrogen-bond acceptors (Lipinski definition) is 4. The molecule has 86 valence electrons. The lowest BCUT2D eigenvalue weighted by atomic mass is 10.0. The molecule has 1 atom stereocenters. The highest BCUT2D eigenvalue weighted by Crippen LogP contribution is 2.19. The van der Waals surface area contributed by atoms with Crippen molar-refractivity contribution in [3.63, 3.8) is 0 Å². The van der Waals surface area contributed by atoms with Crippen LogP contribution in [0.1, 0.15) is 23.8 Å². The number of nitrogens with one attached hydrogen (secondary N) is 2. The van der Waals surface area contributed by atoms with Gasteiger partial charge in [0.25, 0.3) is 5.91 Å². The summed E-state index contributed by atoms with van der Waals surface area (Å²) < 4.78 is 0. The highest BCUT2D eigenvalue weighted by atomic mass is 16.1. The third-order valence-electron chi connectivity index (χ3n) is 2.80. The first kappa shape index (κ1) is 10.9. The molecule has 0 bridgehead atoms. The zero-order chi connectivity index (χ0) is 11.6. The number of hydrogen-bond donors (Lipinski definition) is 3. The van der Waals surface area contributed by atoms with E-state index in [4.69, 9.17) is 5.73 Å². The van der Waals surface area contributed by atoms with Gasteiger partial charge in [-0.2, -0.15) is 0 Å². The summed E-state index contributed by atoms with van der Waals surface area (Å²) in [5.41, 5.74) is 5.48. The lowest BCUT2D eigenvalue weighted by molar-refractivity contribution is 0.0995. The Morgan fingerprint density at radius 3 is 3.06 bits per heavy atom. The molecule has 5 heteroatoms. The van der Waals surface area contributed by atoms with Crippen LogP contribution >= 0.6 is 0 Å². The van der Waals surface area contributed by atoms with Crippen molar-refractivity contribution in [3.05, 3.63) is 23.9 Å². The fourth-order valence-corrected chi connectivity index (χ4v) is 1.87. The zero-order valence-electron chi connectivity index (χ0n) is 9.29. The van der Waals surface area contributed by atoms with E-state index in [-0.39, 0.29) is 5.54 Å². The number of primary amides is 1. The van der Waals surface area contributed by atoms with Gasteiger partial charge in [-0.3, -0.25) is 4.79 Å². The molecule has 0 saturated carbocycles. The van der Waals surface area contributed by atoms with E-state index < -0.39 is 5.91 Å². The molecule has 0 radical (unpaired) electrons. The molecule has 4 N–H and O–H groups in total. The van der Waals surface area contributed by atoms with Crippen molar-refractivity contribution in [2.24, 2.45) is 5.73 Å². The van der Waals surface area contributed by atoms with Crippen LogP contribution in [0.4, 0.5) is 5.82 Å². The van der Waals surface area contributed by atoms with Crippen LogP contribution in [-0.2, 0) is 0 Å². The monoisotopic (exact) mass is 220 g/mol. The maximum atomic E-state index is 11.0. The van der Waals surface area contributed by atoms with E-state index in [1.807, 2.05) is 6.07 Å². The Hall–Kier alpha value is -1.62. The number of pyridine rings is 1. The minimum atomic E-state index is -0.502. The van der Waals surface area contributed by atoms with Crippen LogP contribution in [0.15, 0.2) is 18.2 Å². The summed E-state index contributed by atoms with van der Waals surface area (Å²) in [7, 11) is 0. The van der Waals surface area contributed by atoms with Gasteiger partial charge in [0.2, 0.25) is 0 Å². The first-order chi connectivity index (χ1) is 7.59. The van der Waals surface area contributed by atoms with Crippen LogP contribution in [-0.4, -0.2) is 29.5 Å². The summed E-state index contributed by atoms with van der Waals surface area (Å²) in [5, 5.41) is 6.62. The molecule has 1 saturated heterocycles. The molecule has 1 aromatic heterocycles. The second-order valence-electron chi connectivity index (χ2n) is 4.38. The molecule has 1 aromatic rings. The number of rotatable bonds is 3. The van der Waals surface area contributed by atoms with Gasteiger partial charge in [0.05, 0.1) is 0 Å². The summed E-state index contributed by atoms with van der Waals surface area (Å²) in [6, 6.07) is 5.24. The molecule has 0 aliphatic carbocycles. The number of anilines is 1. The van der Waals surface area contributed by atoms with Gasteiger partial charge in [0.15, 0.2) is 0 Å². The van der Waals surface area contributed by atoms with Crippen LogP contribution in [0.5, 0.6) is 0 Å². The van der Waals surface area contributed by atoms with Gasteiger partial charge in [0, 0.05) is 12.1 Å². The number of amides is 1. The van der Waals surface area contributed by atoms with E-state index in [0.29, 0.717) is 11.5 Å².